The van der Waals surface area contributed by atoms with E-state index in [4.69, 9.17) is 14.2 Å². The minimum atomic E-state index is -0.885. The molecule has 0 aliphatic carbocycles. The summed E-state index contributed by atoms with van der Waals surface area (Å²) in [5.74, 6) is -1.57. The highest BCUT2D eigenvalue weighted by Gasteiger charge is 2.31. The van der Waals surface area contributed by atoms with E-state index in [0.29, 0.717) is 19.3 Å². The monoisotopic (exact) mass is 883 g/mol. The van der Waals surface area contributed by atoms with Crippen LogP contribution >= 0.6 is 0 Å². The molecule has 8 heteroatoms. The lowest BCUT2D eigenvalue weighted by atomic mass is 10.0. The molecule has 0 aromatic rings. The summed E-state index contributed by atoms with van der Waals surface area (Å²) in [6, 6.07) is -0.628. The summed E-state index contributed by atoms with van der Waals surface area (Å²) in [5.41, 5.74) is 0. The predicted molar refractivity (Wildman–Crippen MR) is 266 cm³/mol. The number of aliphatic carboxylic acids is 1. The molecule has 0 saturated carbocycles. The Bertz CT molecular complexity index is 1260. The van der Waals surface area contributed by atoms with E-state index in [1.807, 2.05) is 33.3 Å². The maximum Gasteiger partial charge on any atom is 0.362 e. The van der Waals surface area contributed by atoms with E-state index in [-0.39, 0.29) is 42.7 Å². The van der Waals surface area contributed by atoms with Crippen LogP contribution in [0, 0.1) is 0 Å². The Morgan fingerprint density at radius 3 is 1.29 bits per heavy atom. The first-order valence-electron chi connectivity index (χ1n) is 25.5. The van der Waals surface area contributed by atoms with Gasteiger partial charge in [-0.15, -0.1) is 0 Å². The van der Waals surface area contributed by atoms with Crippen LogP contribution in [0.2, 0.25) is 0 Å². The molecule has 0 rings (SSSR count). The van der Waals surface area contributed by atoms with Gasteiger partial charge in [0, 0.05) is 19.3 Å². The number of carboxylic acid groups (broad SMARTS) is 1. The van der Waals surface area contributed by atoms with Crippen molar-refractivity contribution in [1.29, 1.82) is 0 Å². The van der Waals surface area contributed by atoms with Gasteiger partial charge in [-0.25, -0.2) is 4.79 Å². The second-order valence-corrected chi connectivity index (χ2v) is 18.1. The normalized spacial score (nSPS) is 13.5. The molecule has 0 amide bonds. The van der Waals surface area contributed by atoms with E-state index >= 15 is 0 Å². The third-order valence-electron chi connectivity index (χ3n) is 11.1. The van der Waals surface area contributed by atoms with Gasteiger partial charge in [0.1, 0.15) is 6.61 Å². The quantitative estimate of drug-likeness (QED) is 0.0281. The van der Waals surface area contributed by atoms with E-state index in [1.54, 1.807) is 0 Å². The van der Waals surface area contributed by atoms with Crippen molar-refractivity contribution >= 4 is 17.9 Å². The fourth-order valence-corrected chi connectivity index (χ4v) is 7.24. The third kappa shape index (κ3) is 43.8. The maximum atomic E-state index is 12.8. The average Bonchev–Trinajstić information content (AvgIpc) is 3.24. The Balaban J connectivity index is 4.35. The Morgan fingerprint density at radius 2 is 0.889 bits per heavy atom. The van der Waals surface area contributed by atoms with Crippen molar-refractivity contribution in [2.24, 2.45) is 0 Å². The van der Waals surface area contributed by atoms with Crippen LogP contribution in [0.5, 0.6) is 0 Å². The lowest BCUT2D eigenvalue weighted by Crippen LogP contribution is -2.50. The van der Waals surface area contributed by atoms with Crippen molar-refractivity contribution in [3.63, 3.8) is 0 Å². The van der Waals surface area contributed by atoms with Crippen LogP contribution < -0.4 is 0 Å². The zero-order chi connectivity index (χ0) is 46.3. The first-order valence-corrected chi connectivity index (χ1v) is 25.5. The molecular formula is C55H96NO7+. The van der Waals surface area contributed by atoms with Gasteiger partial charge in [-0.1, -0.05) is 209 Å². The van der Waals surface area contributed by atoms with Gasteiger partial charge in [-0.3, -0.25) is 9.59 Å². The summed E-state index contributed by atoms with van der Waals surface area (Å²) in [4.78, 5) is 37.1. The van der Waals surface area contributed by atoms with Crippen LogP contribution in [0.25, 0.3) is 0 Å². The number of nitrogens with zero attached hydrogens (tertiary/aromatic N) is 1. The Labute approximate surface area is 387 Å². The summed E-state index contributed by atoms with van der Waals surface area (Å²) in [5, 5.41) is 9.65. The minimum Gasteiger partial charge on any atom is -0.477 e. The van der Waals surface area contributed by atoms with E-state index in [0.717, 1.165) is 57.8 Å². The molecular weight excluding hydrogens is 787 g/mol. The molecule has 0 spiro atoms. The largest absolute Gasteiger partial charge is 0.477 e. The molecule has 0 fully saturated rings. The summed E-state index contributed by atoms with van der Waals surface area (Å²) in [6.07, 6.45) is 58.3. The van der Waals surface area contributed by atoms with Gasteiger partial charge in [0.15, 0.2) is 12.1 Å². The highest BCUT2D eigenvalue weighted by Crippen LogP contribution is 2.16. The molecule has 0 aromatic heterocycles. The van der Waals surface area contributed by atoms with Gasteiger partial charge >= 0.3 is 17.9 Å². The third-order valence-corrected chi connectivity index (χ3v) is 11.1. The zero-order valence-electron chi connectivity index (χ0n) is 41.3. The van der Waals surface area contributed by atoms with Gasteiger partial charge in [-0.2, -0.15) is 0 Å². The van der Waals surface area contributed by atoms with Crippen LogP contribution in [-0.2, 0) is 28.6 Å². The second-order valence-electron chi connectivity index (χ2n) is 18.1. The Morgan fingerprint density at radius 1 is 0.492 bits per heavy atom. The summed E-state index contributed by atoms with van der Waals surface area (Å²) >= 11 is 0. The van der Waals surface area contributed by atoms with Gasteiger partial charge in [0.05, 0.1) is 34.4 Å². The van der Waals surface area contributed by atoms with E-state index in [2.05, 4.69) is 74.6 Å². The van der Waals surface area contributed by atoms with Crippen molar-refractivity contribution in [1.82, 2.24) is 0 Å². The van der Waals surface area contributed by atoms with Gasteiger partial charge in [-0.05, 0) is 51.4 Å². The molecule has 8 nitrogen and oxygen atoms in total. The lowest BCUT2D eigenvalue weighted by molar-refractivity contribution is -0.887. The van der Waals surface area contributed by atoms with Crippen LogP contribution in [0.3, 0.4) is 0 Å². The van der Waals surface area contributed by atoms with Crippen LogP contribution in [0.1, 0.15) is 206 Å². The minimum absolute atomic E-state index is 0.0366. The van der Waals surface area contributed by atoms with Crippen molar-refractivity contribution < 1.29 is 38.2 Å². The average molecular weight is 883 g/mol. The topological polar surface area (TPSA) is 99.1 Å². The maximum absolute atomic E-state index is 12.8. The first-order chi connectivity index (χ1) is 30.6. The fourth-order valence-electron chi connectivity index (χ4n) is 7.24. The Hall–Kier alpha value is -3.23. The van der Waals surface area contributed by atoms with Crippen LogP contribution in [0.15, 0.2) is 72.9 Å². The number of hydrogen-bond donors (Lipinski definition) is 1. The molecule has 63 heavy (non-hydrogen) atoms. The molecule has 0 aliphatic rings. The molecule has 0 aliphatic heterocycles. The van der Waals surface area contributed by atoms with Crippen LogP contribution in [0.4, 0.5) is 0 Å². The number of allylic oxidation sites excluding steroid dienone is 12. The summed E-state index contributed by atoms with van der Waals surface area (Å²) < 4.78 is 17.3. The zero-order valence-corrected chi connectivity index (χ0v) is 41.3. The van der Waals surface area contributed by atoms with Crippen LogP contribution in [-0.4, -0.2) is 80.6 Å². The van der Waals surface area contributed by atoms with E-state index < -0.39 is 18.1 Å². The molecule has 0 saturated heterocycles. The van der Waals surface area contributed by atoms with Gasteiger partial charge in [0.2, 0.25) is 0 Å². The molecule has 362 valence electrons. The van der Waals surface area contributed by atoms with Gasteiger partial charge < -0.3 is 23.8 Å². The van der Waals surface area contributed by atoms with Crippen molar-refractivity contribution in [2.45, 2.75) is 219 Å². The van der Waals surface area contributed by atoms with E-state index in [1.165, 1.54) is 109 Å². The number of carbonyl (C=O) groups excluding carboxylic acids is 2. The number of carbonyl (C=O) groups is 3. The van der Waals surface area contributed by atoms with Crippen molar-refractivity contribution in [3.05, 3.63) is 72.9 Å². The summed E-state index contributed by atoms with van der Waals surface area (Å²) in [7, 11) is 5.51. The van der Waals surface area contributed by atoms with Crippen molar-refractivity contribution in [2.75, 3.05) is 41.0 Å². The number of hydrogen-bond acceptors (Lipinski definition) is 6. The highest BCUT2D eigenvalue weighted by atomic mass is 16.6. The number of rotatable bonds is 45. The molecule has 2 atom stereocenters. The lowest BCUT2D eigenvalue weighted by Gasteiger charge is -2.31. The number of esters is 2. The molecule has 0 radical (unpaired) electrons. The smallest absolute Gasteiger partial charge is 0.362 e. The SMILES string of the molecule is CC/C=C/C/C=C/C/C=C/C/C=C/C/C=C/C/C=C/CCC(=O)OCC(COCCC(C(=O)O)[N+](C)(C)C)OC(=O)CCCCCCCCCCCCCCCCCCCCCC. The first kappa shape index (κ1) is 59.8. The molecule has 0 bridgehead atoms. The molecule has 0 aromatic carbocycles. The fraction of sp³-hybridized carbons (Fsp3) is 0.727. The Kier molecular flexibility index (Phi) is 43.0. The molecule has 2 unspecified atom stereocenters. The summed E-state index contributed by atoms with van der Waals surface area (Å²) in [6.45, 7) is 4.56. The van der Waals surface area contributed by atoms with Gasteiger partial charge in [0.25, 0.3) is 0 Å². The highest BCUT2D eigenvalue weighted by molar-refractivity contribution is 5.72. The van der Waals surface area contributed by atoms with Crippen molar-refractivity contribution in [3.8, 4) is 0 Å². The predicted octanol–water partition coefficient (Wildman–Crippen LogP) is 14.7. The molecule has 1 N–H and O–H groups in total. The standard InChI is InChI=1S/C55H95NO7/c1-6-8-10-12-14-16-18-20-22-24-26-28-30-32-34-36-38-40-42-44-46-54(58)63-51(49-61-48-47-52(55(59)60)56(3,4)5)50-62-53(57)45-43-41-39-37-35-33-31-29-27-25-23-21-19-17-15-13-11-9-7-2/h9,11,15,17,21,23,27,29,33,35,39,41,51-52H,6-8,10,12-14,16,18-20,22,24-26,28,30-32,34,36-38,40,42-50H2,1-5H3/p+1/b11-9+,17-15+,23-21+,29-27+,35-33+,41-39+. The van der Waals surface area contributed by atoms with E-state index in [9.17, 15) is 19.5 Å². The number of ether oxygens (including phenoxy) is 3. The number of quaternary nitrogens is 1. The second kappa shape index (κ2) is 45.3. The number of unbranched alkanes of at least 4 members (excludes halogenated alkanes) is 19. The number of likely N-dealkylation sites (N-methyl/N-ethyl adjacent to an activating group) is 1. The molecule has 0 heterocycles. The number of carboxylic acids is 1.